The van der Waals surface area contributed by atoms with Gasteiger partial charge in [0.2, 0.25) is 5.91 Å². The molecule has 0 saturated carbocycles. The number of para-hydroxylation sites is 2. The quantitative estimate of drug-likeness (QED) is 0.162. The molecule has 0 aliphatic rings. The summed E-state index contributed by atoms with van der Waals surface area (Å²) in [6, 6.07) is 31.3. The van der Waals surface area contributed by atoms with Crippen LogP contribution in [0.5, 0.6) is 5.75 Å². The van der Waals surface area contributed by atoms with Crippen LogP contribution in [0.15, 0.2) is 102 Å². The molecule has 0 saturated heterocycles. The summed E-state index contributed by atoms with van der Waals surface area (Å²) in [6.07, 6.45) is 0. The molecular weight excluding hydrogens is 498 g/mol. The second kappa shape index (κ2) is 12.4. The number of methoxy groups -OCH3 is 1. The van der Waals surface area contributed by atoms with Crippen molar-refractivity contribution < 1.29 is 9.53 Å². The van der Waals surface area contributed by atoms with Gasteiger partial charge in [-0.05, 0) is 73.6 Å². The highest BCUT2D eigenvalue weighted by Crippen LogP contribution is 2.37. The Morgan fingerprint density at radius 1 is 0.811 bits per heavy atom. The van der Waals surface area contributed by atoms with Crippen molar-refractivity contribution in [3.63, 3.8) is 0 Å². The third kappa shape index (κ3) is 7.12. The minimum absolute atomic E-state index is 0.0742. The second-order valence-corrected chi connectivity index (χ2v) is 10.1. The number of nitrogens with one attached hydrogen (secondary N) is 3. The third-order valence-electron chi connectivity index (χ3n) is 5.68. The van der Waals surface area contributed by atoms with Gasteiger partial charge >= 0.3 is 0 Å². The molecule has 5 nitrogen and oxygen atoms in total. The summed E-state index contributed by atoms with van der Waals surface area (Å²) in [5.41, 5.74) is 5.54. The molecule has 7 heteroatoms. The zero-order chi connectivity index (χ0) is 26.2. The van der Waals surface area contributed by atoms with E-state index in [0.29, 0.717) is 10.9 Å². The van der Waals surface area contributed by atoms with E-state index in [1.807, 2.05) is 105 Å². The van der Waals surface area contributed by atoms with Gasteiger partial charge in [-0.25, -0.2) is 0 Å². The van der Waals surface area contributed by atoms with E-state index in [-0.39, 0.29) is 5.91 Å². The molecule has 0 heterocycles. The van der Waals surface area contributed by atoms with E-state index < -0.39 is 5.25 Å². The maximum absolute atomic E-state index is 13.5. The molecule has 0 bridgehead atoms. The lowest BCUT2D eigenvalue weighted by molar-refractivity contribution is -0.115. The van der Waals surface area contributed by atoms with E-state index >= 15 is 0 Å². The molecular formula is C30H29N3O2S2. The van der Waals surface area contributed by atoms with Crippen LogP contribution in [-0.2, 0) is 4.79 Å². The van der Waals surface area contributed by atoms with E-state index in [4.69, 9.17) is 17.0 Å². The number of aryl methyl sites for hydroxylation is 2. The van der Waals surface area contributed by atoms with Crippen LogP contribution in [0.1, 0.15) is 21.9 Å². The van der Waals surface area contributed by atoms with Gasteiger partial charge in [-0.2, -0.15) is 0 Å². The number of carbonyl (C=O) groups excluding carboxylic acids is 1. The zero-order valence-electron chi connectivity index (χ0n) is 20.9. The average Bonchev–Trinajstić information content (AvgIpc) is 2.90. The van der Waals surface area contributed by atoms with Crippen LogP contribution in [-0.4, -0.2) is 18.1 Å². The number of thioether (sulfide) groups is 1. The molecule has 0 aliphatic heterocycles. The first-order chi connectivity index (χ1) is 17.9. The normalized spacial score (nSPS) is 11.3. The van der Waals surface area contributed by atoms with Gasteiger partial charge in [0.15, 0.2) is 5.11 Å². The molecule has 0 spiro atoms. The zero-order valence-corrected chi connectivity index (χ0v) is 22.6. The Morgan fingerprint density at radius 2 is 1.57 bits per heavy atom. The van der Waals surface area contributed by atoms with Crippen molar-refractivity contribution in [2.45, 2.75) is 24.0 Å². The minimum atomic E-state index is -0.434. The smallest absolute Gasteiger partial charge is 0.242 e. The van der Waals surface area contributed by atoms with Gasteiger partial charge in [-0.15, -0.1) is 11.8 Å². The molecule has 1 atom stereocenters. The highest BCUT2D eigenvalue weighted by molar-refractivity contribution is 8.00. The molecule has 4 aromatic rings. The summed E-state index contributed by atoms with van der Waals surface area (Å²) >= 11 is 7.01. The van der Waals surface area contributed by atoms with Gasteiger partial charge in [0.25, 0.3) is 0 Å². The highest BCUT2D eigenvalue weighted by Gasteiger charge is 2.23. The molecule has 188 valence electrons. The third-order valence-corrected chi connectivity index (χ3v) is 7.13. The Hall–Kier alpha value is -3.81. The van der Waals surface area contributed by atoms with Crippen molar-refractivity contribution in [3.05, 3.63) is 114 Å². The van der Waals surface area contributed by atoms with Crippen molar-refractivity contribution in [1.29, 1.82) is 0 Å². The Labute approximate surface area is 227 Å². The molecule has 0 fully saturated rings. The maximum atomic E-state index is 13.5. The monoisotopic (exact) mass is 527 g/mol. The van der Waals surface area contributed by atoms with E-state index in [2.05, 4.69) is 22.0 Å². The number of benzene rings is 4. The van der Waals surface area contributed by atoms with Gasteiger partial charge in [-0.3, -0.25) is 4.79 Å². The fourth-order valence-corrected chi connectivity index (χ4v) is 5.18. The summed E-state index contributed by atoms with van der Waals surface area (Å²) in [4.78, 5) is 14.4. The summed E-state index contributed by atoms with van der Waals surface area (Å²) in [7, 11) is 1.62. The summed E-state index contributed by atoms with van der Waals surface area (Å²) in [5, 5.41) is 9.54. The first-order valence-corrected chi connectivity index (χ1v) is 13.1. The maximum Gasteiger partial charge on any atom is 0.242 e. The van der Waals surface area contributed by atoms with Gasteiger partial charge in [-0.1, -0.05) is 66.2 Å². The molecule has 0 radical (unpaired) electrons. The fourth-order valence-electron chi connectivity index (χ4n) is 3.87. The fraction of sp³-hybridized carbons (Fsp3) is 0.133. The first kappa shape index (κ1) is 26.3. The van der Waals surface area contributed by atoms with Crippen LogP contribution in [0.2, 0.25) is 0 Å². The van der Waals surface area contributed by atoms with Gasteiger partial charge in [0, 0.05) is 16.3 Å². The number of rotatable bonds is 8. The van der Waals surface area contributed by atoms with Crippen molar-refractivity contribution in [2.75, 3.05) is 23.1 Å². The lowest BCUT2D eigenvalue weighted by Gasteiger charge is -2.19. The van der Waals surface area contributed by atoms with Crippen molar-refractivity contribution >= 4 is 52.1 Å². The Kier molecular flexibility index (Phi) is 8.82. The van der Waals surface area contributed by atoms with Crippen LogP contribution in [0.4, 0.5) is 17.1 Å². The van der Waals surface area contributed by atoms with E-state index in [1.165, 1.54) is 11.8 Å². The molecule has 1 amide bonds. The van der Waals surface area contributed by atoms with Crippen LogP contribution in [0.3, 0.4) is 0 Å². The molecule has 1 unspecified atom stereocenters. The largest absolute Gasteiger partial charge is 0.495 e. The number of carbonyl (C=O) groups is 1. The SMILES string of the molecule is COc1ccccc1NC(=S)Nc1cccc(SC(C(=O)Nc2ccc(C)cc2C)c2ccccc2)c1. The van der Waals surface area contributed by atoms with E-state index in [0.717, 1.165) is 38.6 Å². The molecule has 4 rings (SSSR count). The van der Waals surface area contributed by atoms with Crippen molar-refractivity contribution in [3.8, 4) is 5.75 Å². The molecule has 37 heavy (non-hydrogen) atoms. The second-order valence-electron chi connectivity index (χ2n) is 8.52. The van der Waals surface area contributed by atoms with E-state index in [9.17, 15) is 4.79 Å². The number of hydrogen-bond acceptors (Lipinski definition) is 4. The average molecular weight is 528 g/mol. The van der Waals surface area contributed by atoms with Crippen molar-refractivity contribution in [1.82, 2.24) is 0 Å². The summed E-state index contributed by atoms with van der Waals surface area (Å²) < 4.78 is 5.39. The Bertz CT molecular complexity index is 1390. The van der Waals surface area contributed by atoms with Crippen LogP contribution >= 0.6 is 24.0 Å². The topological polar surface area (TPSA) is 62.4 Å². The number of ether oxygens (including phenoxy) is 1. The lowest BCUT2D eigenvalue weighted by atomic mass is 10.1. The van der Waals surface area contributed by atoms with Gasteiger partial charge in [0.05, 0.1) is 12.8 Å². The predicted molar refractivity (Wildman–Crippen MR) is 159 cm³/mol. The number of amides is 1. The Morgan fingerprint density at radius 3 is 2.32 bits per heavy atom. The van der Waals surface area contributed by atoms with Gasteiger partial charge in [0.1, 0.15) is 11.0 Å². The van der Waals surface area contributed by atoms with Crippen LogP contribution in [0, 0.1) is 13.8 Å². The predicted octanol–water partition coefficient (Wildman–Crippen LogP) is 7.59. The highest BCUT2D eigenvalue weighted by atomic mass is 32.2. The van der Waals surface area contributed by atoms with Gasteiger partial charge < -0.3 is 20.7 Å². The van der Waals surface area contributed by atoms with Crippen LogP contribution in [0.25, 0.3) is 0 Å². The lowest BCUT2D eigenvalue weighted by Crippen LogP contribution is -2.20. The summed E-state index contributed by atoms with van der Waals surface area (Å²) in [6.45, 7) is 4.05. The first-order valence-electron chi connectivity index (χ1n) is 11.8. The molecule has 3 N–H and O–H groups in total. The van der Waals surface area contributed by atoms with Crippen molar-refractivity contribution in [2.24, 2.45) is 0 Å². The number of hydrogen-bond donors (Lipinski definition) is 3. The van der Waals surface area contributed by atoms with Crippen LogP contribution < -0.4 is 20.7 Å². The molecule has 0 aromatic heterocycles. The standard InChI is InChI=1S/C30H29N3O2S2/c1-20-16-17-25(21(2)18-20)32-29(34)28(22-10-5-4-6-11-22)37-24-13-9-12-23(19-24)31-30(36)33-26-14-7-8-15-27(26)35-3/h4-19,28H,1-3H3,(H,32,34)(H2,31,33,36). The molecule has 4 aromatic carbocycles. The minimum Gasteiger partial charge on any atom is -0.495 e. The summed E-state index contributed by atoms with van der Waals surface area (Å²) in [5.74, 6) is 0.631. The Balaban J connectivity index is 1.51. The molecule has 0 aliphatic carbocycles. The van der Waals surface area contributed by atoms with E-state index in [1.54, 1.807) is 7.11 Å². The number of anilines is 3. The number of thiocarbonyl (C=S) groups is 1.